The number of carboxylic acids is 1. The number of likely N-dealkylation sites (N-methyl/N-ethyl adjacent to an activating group) is 4. The van der Waals surface area contributed by atoms with Gasteiger partial charge in [0.2, 0.25) is 0 Å². The van der Waals surface area contributed by atoms with Gasteiger partial charge in [0, 0.05) is 73.3 Å². The topological polar surface area (TPSA) is 234 Å². The number of amides is 3. The average molecular weight is 1180 g/mol. The van der Waals surface area contributed by atoms with Crippen molar-refractivity contribution in [3.63, 3.8) is 0 Å². The van der Waals surface area contributed by atoms with E-state index >= 15 is 4.39 Å². The Kier molecular flexibility index (Phi) is 24.2. The summed E-state index contributed by atoms with van der Waals surface area (Å²) >= 11 is 0. The summed E-state index contributed by atoms with van der Waals surface area (Å²) in [5, 5.41) is 12.3. The number of nitrogens with one attached hydrogen (secondary N) is 1. The Morgan fingerprint density at radius 1 is 0.560 bits per heavy atom. The highest BCUT2D eigenvalue weighted by atomic mass is 19.1. The Labute approximate surface area is 493 Å². The first-order valence-electron chi connectivity index (χ1n) is 29.9. The lowest BCUT2D eigenvalue weighted by Crippen LogP contribution is -2.54. The maximum atomic E-state index is 15.9. The molecule has 4 fully saturated rings. The number of esters is 4. The Balaban J connectivity index is 1.23. The monoisotopic (exact) mass is 1180 g/mol. The van der Waals surface area contributed by atoms with E-state index in [1.807, 2.05) is 36.4 Å². The van der Waals surface area contributed by atoms with Crippen LogP contribution in [0.5, 0.6) is 0 Å². The summed E-state index contributed by atoms with van der Waals surface area (Å²) in [7, 11) is 5.41. The molecule has 8 atom stereocenters. The lowest BCUT2D eigenvalue weighted by Gasteiger charge is -2.34. The Morgan fingerprint density at radius 3 is 1.39 bits per heavy atom. The lowest BCUT2D eigenvalue weighted by atomic mass is 9.90. The number of carbonyl (C=O) groups is 8. The Bertz CT molecular complexity index is 2550. The van der Waals surface area contributed by atoms with Gasteiger partial charge in [-0.15, -0.1) is 0 Å². The van der Waals surface area contributed by atoms with Crippen LogP contribution >= 0.6 is 0 Å². The molecule has 2 saturated heterocycles. The third-order valence-electron chi connectivity index (χ3n) is 16.6. The molecule has 2 N–H and O–H groups in total. The molecule has 0 bridgehead atoms. The first kappa shape index (κ1) is 67.1. The molecule has 0 spiro atoms. The van der Waals surface area contributed by atoms with Crippen molar-refractivity contribution in [2.75, 3.05) is 54.6 Å². The minimum Gasteiger partial charge on any atom is -0.479 e. The van der Waals surface area contributed by atoms with Gasteiger partial charge in [-0.1, -0.05) is 74.2 Å². The molecule has 2 aliphatic carbocycles. The molecule has 2 saturated carbocycles. The number of carboxylic acid groups (broad SMARTS) is 1. The van der Waals surface area contributed by atoms with Gasteiger partial charge in [0.1, 0.15) is 35.5 Å². The van der Waals surface area contributed by atoms with Crippen molar-refractivity contribution in [1.29, 1.82) is 0 Å². The maximum Gasteiger partial charge on any atom is 0.344 e. The molecule has 2 aliphatic heterocycles. The molecule has 2 heterocycles. The van der Waals surface area contributed by atoms with Crippen molar-refractivity contribution < 1.29 is 80.7 Å². The number of rotatable bonds is 31. The number of benzene rings is 2. The quantitative estimate of drug-likeness (QED) is 0.0554. The molecular weight excluding hydrogens is 1090 g/mol. The molecular formula is C63H90F2N4O15. The van der Waals surface area contributed by atoms with E-state index in [2.05, 4.69) is 5.32 Å². The molecule has 84 heavy (non-hydrogen) atoms. The number of halogens is 2. The number of carbonyl (C=O) groups excluding carboxylic acids is 7. The summed E-state index contributed by atoms with van der Waals surface area (Å²) in [5.41, 5.74) is -0.502. The minimum atomic E-state index is -2.12. The van der Waals surface area contributed by atoms with Crippen molar-refractivity contribution in [2.45, 2.75) is 210 Å². The SMILES string of the molecule is CN[C@@H](CC(C)(C)F)C(=O)O[C@H](Cc1ccc(C2CCOCC2)cc1)C(=O)N(C)[C@@H](CCC1CC1)C(=O)O[C@H](C)C(=O)N(C)[C@@H](CC(C)(C)F)C(=O)O[C@H](Cc1ccc(C2CCOCC2)cc1)C(=O)N(C)[C@@H](CC1CC1)C(=O)O[C@H](C)C(=O)O. The number of ether oxygens (including phenoxy) is 6. The van der Waals surface area contributed by atoms with Crippen LogP contribution in [0.2, 0.25) is 0 Å². The predicted molar refractivity (Wildman–Crippen MR) is 306 cm³/mol. The zero-order chi connectivity index (χ0) is 61.6. The Hall–Kier alpha value is -6.06. The number of nitrogens with zero attached hydrogens (tertiary/aromatic N) is 3. The van der Waals surface area contributed by atoms with Crippen LogP contribution in [0.1, 0.15) is 159 Å². The van der Waals surface area contributed by atoms with Gasteiger partial charge < -0.3 is 53.5 Å². The van der Waals surface area contributed by atoms with E-state index < -0.39 is 114 Å². The maximum absolute atomic E-state index is 15.9. The average Bonchev–Trinajstić information content (AvgIpc) is 4.58. The van der Waals surface area contributed by atoms with Gasteiger partial charge in [-0.2, -0.15) is 0 Å². The highest BCUT2D eigenvalue weighted by Gasteiger charge is 2.44. The summed E-state index contributed by atoms with van der Waals surface area (Å²) < 4.78 is 65.0. The second-order valence-electron chi connectivity index (χ2n) is 24.8. The summed E-state index contributed by atoms with van der Waals surface area (Å²) in [6.07, 6.45) is 0.0590. The zero-order valence-electron chi connectivity index (χ0n) is 50.7. The van der Waals surface area contributed by atoms with Crippen LogP contribution in [-0.2, 0) is 79.6 Å². The third kappa shape index (κ3) is 20.3. The predicted octanol–water partition coefficient (Wildman–Crippen LogP) is 7.37. The molecule has 19 nitrogen and oxygen atoms in total. The van der Waals surface area contributed by atoms with Gasteiger partial charge in [0.05, 0.1) is 0 Å². The van der Waals surface area contributed by atoms with Gasteiger partial charge >= 0.3 is 29.8 Å². The van der Waals surface area contributed by atoms with Gasteiger partial charge in [-0.05, 0) is 139 Å². The summed E-state index contributed by atoms with van der Waals surface area (Å²) in [6.45, 7) is 10.0. The summed E-state index contributed by atoms with van der Waals surface area (Å²) in [6, 6.07) is 9.71. The second kappa shape index (κ2) is 30.3. The molecule has 6 rings (SSSR count). The summed E-state index contributed by atoms with van der Waals surface area (Å²) in [4.78, 5) is 115. The first-order chi connectivity index (χ1) is 39.6. The normalized spacial score (nSPS) is 19.0. The largest absolute Gasteiger partial charge is 0.479 e. The van der Waals surface area contributed by atoms with Crippen molar-refractivity contribution in [3.8, 4) is 0 Å². The van der Waals surface area contributed by atoms with Gasteiger partial charge in [-0.3, -0.25) is 19.2 Å². The minimum absolute atomic E-state index is 0.0501. The highest BCUT2D eigenvalue weighted by Crippen LogP contribution is 2.37. The molecule has 466 valence electrons. The standard InChI is InChI=1S/C63H90F2N4O15/c1-38(81-59(76)49(24-19-40-11-12-40)67(8)55(71)52(83-58(75)48(66-7)36-62(3,4)64)34-42-15-20-44(21-16-42)46-25-29-79-30-26-46)54(70)69(10)51(37-63(5,6)65)61(78)84-53(35-43-17-22-45(23-18-43)47-27-31-80-32-28-47)56(72)68(9)50(33-41-13-14-41)60(77)82-39(2)57(73)74/h15-18,20-23,38-41,46-53,66H,11-14,19,24-37H2,1-10H3,(H,73,74)/t38-,39-,48+,49+,50+,51+,52-,53-/m1/s1. The lowest BCUT2D eigenvalue weighted by molar-refractivity contribution is -0.175. The first-order valence-corrected chi connectivity index (χ1v) is 29.9. The van der Waals surface area contributed by atoms with Crippen LogP contribution in [0.15, 0.2) is 48.5 Å². The van der Waals surface area contributed by atoms with Crippen LogP contribution in [0.25, 0.3) is 0 Å². The molecule has 2 aromatic carbocycles. The summed E-state index contributed by atoms with van der Waals surface area (Å²) in [5.74, 6) is -7.02. The van der Waals surface area contributed by atoms with E-state index in [0.29, 0.717) is 49.9 Å². The number of alkyl halides is 2. The van der Waals surface area contributed by atoms with Gasteiger partial charge in [-0.25, -0.2) is 28.0 Å². The van der Waals surface area contributed by atoms with Gasteiger partial charge in [0.15, 0.2) is 24.4 Å². The van der Waals surface area contributed by atoms with Crippen molar-refractivity contribution in [2.24, 2.45) is 11.8 Å². The van der Waals surface area contributed by atoms with E-state index in [4.69, 9.17) is 28.4 Å². The smallest absolute Gasteiger partial charge is 0.344 e. The number of hydrogen-bond acceptors (Lipinski definition) is 15. The third-order valence-corrected chi connectivity index (χ3v) is 16.6. The van der Waals surface area contributed by atoms with Crippen molar-refractivity contribution in [1.82, 2.24) is 20.0 Å². The Morgan fingerprint density at radius 2 is 0.964 bits per heavy atom. The molecule has 0 aromatic heterocycles. The highest BCUT2D eigenvalue weighted by molar-refractivity contribution is 5.93. The molecule has 0 radical (unpaired) electrons. The fraction of sp³-hybridized carbons (Fsp3) is 0.683. The second-order valence-corrected chi connectivity index (χ2v) is 24.8. The van der Waals surface area contributed by atoms with Crippen LogP contribution in [-0.4, -0.2) is 182 Å². The van der Waals surface area contributed by atoms with Crippen molar-refractivity contribution in [3.05, 3.63) is 70.8 Å². The van der Waals surface area contributed by atoms with Crippen molar-refractivity contribution >= 4 is 47.6 Å². The molecule has 4 aliphatic rings. The number of aliphatic carboxylic acids is 1. The van der Waals surface area contributed by atoms with E-state index in [1.165, 1.54) is 69.7 Å². The molecule has 3 amide bonds. The van der Waals surface area contributed by atoms with Crippen LogP contribution in [0.4, 0.5) is 8.78 Å². The molecule has 0 unspecified atom stereocenters. The van der Waals surface area contributed by atoms with Gasteiger partial charge in [0.25, 0.3) is 17.7 Å². The zero-order valence-corrected chi connectivity index (χ0v) is 50.7. The molecule has 21 heteroatoms. The van der Waals surface area contributed by atoms with E-state index in [0.717, 1.165) is 77.2 Å². The van der Waals surface area contributed by atoms with Crippen LogP contribution in [0.3, 0.4) is 0 Å². The number of hydrogen-bond donors (Lipinski definition) is 2. The van der Waals surface area contributed by atoms with E-state index in [1.54, 1.807) is 12.1 Å². The fourth-order valence-electron chi connectivity index (χ4n) is 10.9. The molecule has 2 aromatic rings. The van der Waals surface area contributed by atoms with E-state index in [-0.39, 0.29) is 49.9 Å². The van der Waals surface area contributed by atoms with E-state index in [9.17, 15) is 47.9 Å². The van der Waals surface area contributed by atoms with Crippen LogP contribution in [0, 0.1) is 11.8 Å². The fourth-order valence-corrected chi connectivity index (χ4v) is 10.9. The van der Waals surface area contributed by atoms with Crippen LogP contribution < -0.4 is 5.32 Å².